The SMILES string of the molecule is CSCC(C)Nc1cccnc1C(N)=S. The number of rotatable bonds is 5. The first-order valence-corrected chi connectivity index (χ1v) is 6.45. The molecule has 0 saturated heterocycles. The minimum Gasteiger partial charge on any atom is -0.388 e. The number of thiocarbonyl (C=S) groups is 1. The van der Waals surface area contributed by atoms with Gasteiger partial charge in [-0.15, -0.1) is 0 Å². The topological polar surface area (TPSA) is 50.9 Å². The van der Waals surface area contributed by atoms with Gasteiger partial charge in [0.1, 0.15) is 10.7 Å². The first kappa shape index (κ1) is 12.3. The fourth-order valence-corrected chi connectivity index (χ4v) is 2.02. The number of hydrogen-bond donors (Lipinski definition) is 2. The molecule has 1 heterocycles. The summed E-state index contributed by atoms with van der Waals surface area (Å²) in [4.78, 5) is 4.48. The van der Waals surface area contributed by atoms with Gasteiger partial charge in [0.2, 0.25) is 0 Å². The molecular formula is C10H15N3S2. The quantitative estimate of drug-likeness (QED) is 0.771. The Bertz CT molecular complexity index is 341. The van der Waals surface area contributed by atoms with E-state index in [9.17, 15) is 0 Å². The third-order valence-electron chi connectivity index (χ3n) is 1.86. The average molecular weight is 241 g/mol. The van der Waals surface area contributed by atoms with E-state index < -0.39 is 0 Å². The van der Waals surface area contributed by atoms with Crippen LogP contribution < -0.4 is 11.1 Å². The summed E-state index contributed by atoms with van der Waals surface area (Å²) in [7, 11) is 0. The Morgan fingerprint density at radius 1 is 1.73 bits per heavy atom. The molecule has 5 heteroatoms. The molecule has 0 spiro atoms. The van der Waals surface area contributed by atoms with Gasteiger partial charge in [0, 0.05) is 18.0 Å². The van der Waals surface area contributed by atoms with Crippen molar-refractivity contribution in [1.29, 1.82) is 0 Å². The molecular weight excluding hydrogens is 226 g/mol. The maximum absolute atomic E-state index is 5.59. The van der Waals surface area contributed by atoms with E-state index in [0.717, 1.165) is 11.4 Å². The highest BCUT2D eigenvalue weighted by Crippen LogP contribution is 2.14. The molecule has 1 unspecified atom stereocenters. The summed E-state index contributed by atoms with van der Waals surface area (Å²) in [5.74, 6) is 1.03. The number of thioether (sulfide) groups is 1. The lowest BCUT2D eigenvalue weighted by Gasteiger charge is -2.15. The summed E-state index contributed by atoms with van der Waals surface area (Å²) in [6.07, 6.45) is 3.77. The molecule has 82 valence electrons. The van der Waals surface area contributed by atoms with Gasteiger partial charge in [-0.05, 0) is 25.3 Å². The van der Waals surface area contributed by atoms with Crippen LogP contribution in [0.1, 0.15) is 12.6 Å². The van der Waals surface area contributed by atoms with Crippen molar-refractivity contribution >= 4 is 34.7 Å². The molecule has 3 N–H and O–H groups in total. The molecule has 0 amide bonds. The first-order chi connectivity index (χ1) is 7.15. The molecule has 1 atom stereocenters. The van der Waals surface area contributed by atoms with E-state index in [4.69, 9.17) is 18.0 Å². The highest BCUT2D eigenvalue weighted by Gasteiger charge is 2.08. The number of hydrogen-bond acceptors (Lipinski definition) is 4. The number of aromatic nitrogens is 1. The van der Waals surface area contributed by atoms with Crippen molar-refractivity contribution < 1.29 is 0 Å². The number of nitrogens with one attached hydrogen (secondary N) is 1. The summed E-state index contributed by atoms with van der Waals surface area (Å²) >= 11 is 6.73. The Morgan fingerprint density at radius 3 is 3.07 bits per heavy atom. The third kappa shape index (κ3) is 3.68. The molecule has 0 radical (unpaired) electrons. The van der Waals surface area contributed by atoms with Gasteiger partial charge in [0.15, 0.2) is 0 Å². The van der Waals surface area contributed by atoms with E-state index in [1.54, 1.807) is 18.0 Å². The second kappa shape index (κ2) is 5.92. The van der Waals surface area contributed by atoms with Crippen LogP contribution in [0.4, 0.5) is 5.69 Å². The Hall–Kier alpha value is -0.810. The van der Waals surface area contributed by atoms with E-state index in [1.807, 2.05) is 12.1 Å². The van der Waals surface area contributed by atoms with Crippen molar-refractivity contribution in [2.24, 2.45) is 5.73 Å². The molecule has 1 aromatic heterocycles. The molecule has 15 heavy (non-hydrogen) atoms. The minimum absolute atomic E-state index is 0.328. The van der Waals surface area contributed by atoms with Gasteiger partial charge in [-0.3, -0.25) is 4.98 Å². The number of anilines is 1. The third-order valence-corrected chi connectivity index (χ3v) is 2.89. The Balaban J connectivity index is 2.79. The monoisotopic (exact) mass is 241 g/mol. The van der Waals surface area contributed by atoms with Crippen molar-refractivity contribution in [2.75, 3.05) is 17.3 Å². The molecule has 0 aliphatic carbocycles. The average Bonchev–Trinajstić information content (AvgIpc) is 2.18. The smallest absolute Gasteiger partial charge is 0.124 e. The van der Waals surface area contributed by atoms with E-state index in [-0.39, 0.29) is 0 Å². The van der Waals surface area contributed by atoms with Crippen LogP contribution in [0, 0.1) is 0 Å². The number of nitrogens with zero attached hydrogens (tertiary/aromatic N) is 1. The molecule has 0 aliphatic heterocycles. The maximum Gasteiger partial charge on any atom is 0.124 e. The second-order valence-corrected chi connectivity index (χ2v) is 4.62. The zero-order chi connectivity index (χ0) is 11.3. The van der Waals surface area contributed by atoms with Crippen molar-refractivity contribution in [3.63, 3.8) is 0 Å². The fourth-order valence-electron chi connectivity index (χ4n) is 1.28. The zero-order valence-corrected chi connectivity index (χ0v) is 10.5. The molecule has 1 aromatic rings. The van der Waals surface area contributed by atoms with Gasteiger partial charge >= 0.3 is 0 Å². The van der Waals surface area contributed by atoms with Crippen LogP contribution in [0.5, 0.6) is 0 Å². The predicted molar refractivity (Wildman–Crippen MR) is 71.6 cm³/mol. The molecule has 1 rings (SSSR count). The van der Waals surface area contributed by atoms with Gasteiger partial charge in [0.25, 0.3) is 0 Å². The van der Waals surface area contributed by atoms with Crippen molar-refractivity contribution in [1.82, 2.24) is 4.98 Å². The number of nitrogens with two attached hydrogens (primary N) is 1. The summed E-state index contributed by atoms with van der Waals surface area (Å²) in [6, 6.07) is 4.19. The highest BCUT2D eigenvalue weighted by molar-refractivity contribution is 7.98. The van der Waals surface area contributed by atoms with Crippen LogP contribution in [0.2, 0.25) is 0 Å². The summed E-state index contributed by atoms with van der Waals surface area (Å²) < 4.78 is 0. The lowest BCUT2D eigenvalue weighted by molar-refractivity contribution is 0.911. The molecule has 3 nitrogen and oxygen atoms in total. The van der Waals surface area contributed by atoms with Crippen LogP contribution >= 0.6 is 24.0 Å². The predicted octanol–water partition coefficient (Wildman–Crippen LogP) is 1.88. The van der Waals surface area contributed by atoms with E-state index in [1.165, 1.54) is 0 Å². The molecule has 0 saturated carbocycles. The van der Waals surface area contributed by atoms with Crippen LogP contribution in [-0.4, -0.2) is 28.0 Å². The Morgan fingerprint density at radius 2 is 2.47 bits per heavy atom. The van der Waals surface area contributed by atoms with Gasteiger partial charge in [0.05, 0.1) is 5.69 Å². The van der Waals surface area contributed by atoms with Crippen LogP contribution in [0.3, 0.4) is 0 Å². The molecule has 0 bridgehead atoms. The lowest BCUT2D eigenvalue weighted by atomic mass is 10.2. The standard InChI is InChI=1S/C10H15N3S2/c1-7(6-15-2)13-8-4-3-5-12-9(8)10(11)14/h3-5,7,13H,6H2,1-2H3,(H2,11,14). The Labute approximate surface area is 99.8 Å². The molecule has 0 aliphatic rings. The van der Waals surface area contributed by atoms with E-state index in [2.05, 4.69) is 23.5 Å². The maximum atomic E-state index is 5.59. The number of pyridine rings is 1. The minimum atomic E-state index is 0.328. The fraction of sp³-hybridized carbons (Fsp3) is 0.400. The van der Waals surface area contributed by atoms with Crippen LogP contribution in [0.25, 0.3) is 0 Å². The molecule has 0 fully saturated rings. The zero-order valence-electron chi connectivity index (χ0n) is 8.86. The normalized spacial score (nSPS) is 12.1. The first-order valence-electron chi connectivity index (χ1n) is 4.65. The van der Waals surface area contributed by atoms with Gasteiger partial charge in [-0.1, -0.05) is 12.2 Å². The van der Waals surface area contributed by atoms with Crippen molar-refractivity contribution in [3.05, 3.63) is 24.0 Å². The van der Waals surface area contributed by atoms with Gasteiger partial charge in [-0.2, -0.15) is 11.8 Å². The lowest BCUT2D eigenvalue weighted by Crippen LogP contribution is -2.22. The highest BCUT2D eigenvalue weighted by atomic mass is 32.2. The largest absolute Gasteiger partial charge is 0.388 e. The second-order valence-electron chi connectivity index (χ2n) is 3.26. The summed E-state index contributed by atoms with van der Waals surface area (Å²) in [6.45, 7) is 2.12. The summed E-state index contributed by atoms with van der Waals surface area (Å²) in [5, 5.41) is 3.34. The van der Waals surface area contributed by atoms with Crippen molar-refractivity contribution in [3.8, 4) is 0 Å². The van der Waals surface area contributed by atoms with Crippen molar-refractivity contribution in [2.45, 2.75) is 13.0 Å². The Kier molecular flexibility index (Phi) is 4.84. The molecule has 0 aromatic carbocycles. The van der Waals surface area contributed by atoms with E-state index in [0.29, 0.717) is 16.7 Å². The van der Waals surface area contributed by atoms with Crippen LogP contribution in [0.15, 0.2) is 18.3 Å². The summed E-state index contributed by atoms with van der Waals surface area (Å²) in [5.41, 5.74) is 7.16. The van der Waals surface area contributed by atoms with Gasteiger partial charge < -0.3 is 11.1 Å². The van der Waals surface area contributed by atoms with E-state index >= 15 is 0 Å². The van der Waals surface area contributed by atoms with Crippen LogP contribution in [-0.2, 0) is 0 Å². The van der Waals surface area contributed by atoms with Gasteiger partial charge in [-0.25, -0.2) is 0 Å².